The van der Waals surface area contributed by atoms with Gasteiger partial charge in [-0.2, -0.15) is 0 Å². The van der Waals surface area contributed by atoms with Gasteiger partial charge < -0.3 is 4.98 Å². The quantitative estimate of drug-likeness (QED) is 0.706. The van der Waals surface area contributed by atoms with Gasteiger partial charge >= 0.3 is 0 Å². The van der Waals surface area contributed by atoms with Gasteiger partial charge in [-0.3, -0.25) is 9.52 Å². The van der Waals surface area contributed by atoms with E-state index in [1.807, 2.05) is 20.8 Å². The minimum atomic E-state index is -3.71. The van der Waals surface area contributed by atoms with Gasteiger partial charge in [0.1, 0.15) is 5.82 Å². The number of nitrogens with one attached hydrogen (secondary N) is 2. The van der Waals surface area contributed by atoms with Crippen LogP contribution in [0.1, 0.15) is 23.7 Å². The fourth-order valence-electron chi connectivity index (χ4n) is 2.65. The summed E-state index contributed by atoms with van der Waals surface area (Å²) in [6.45, 7) is 5.72. The summed E-state index contributed by atoms with van der Waals surface area (Å²) >= 11 is 0. The third-order valence-electron chi connectivity index (χ3n) is 4.33. The summed E-state index contributed by atoms with van der Waals surface area (Å²) in [7, 11) is -3.71. The Bertz CT molecular complexity index is 1150. The zero-order chi connectivity index (χ0) is 19.6. The van der Waals surface area contributed by atoms with E-state index in [0.717, 1.165) is 11.1 Å². The van der Waals surface area contributed by atoms with Gasteiger partial charge in [-0.25, -0.2) is 13.4 Å². The largest absolute Gasteiger partial charge is 0.307 e. The summed E-state index contributed by atoms with van der Waals surface area (Å²) in [5.41, 5.74) is 3.40. The SMILES string of the molecule is CCc1cc(=O)[nH]c(-c2cccc(NS(=O)(=O)c3ccc(C)c(C)c3)c2)n1. The smallest absolute Gasteiger partial charge is 0.261 e. The summed E-state index contributed by atoms with van der Waals surface area (Å²) in [4.78, 5) is 19.1. The number of sulfonamides is 1. The van der Waals surface area contributed by atoms with E-state index in [1.165, 1.54) is 6.07 Å². The minimum Gasteiger partial charge on any atom is -0.307 e. The highest BCUT2D eigenvalue weighted by Gasteiger charge is 2.15. The molecule has 0 saturated carbocycles. The molecule has 0 saturated heterocycles. The Kier molecular flexibility index (Phi) is 5.14. The van der Waals surface area contributed by atoms with E-state index in [2.05, 4.69) is 14.7 Å². The monoisotopic (exact) mass is 383 g/mol. The lowest BCUT2D eigenvalue weighted by Crippen LogP contribution is -2.13. The molecule has 3 rings (SSSR count). The van der Waals surface area contributed by atoms with Gasteiger partial charge in [0, 0.05) is 23.0 Å². The number of aromatic amines is 1. The maximum Gasteiger partial charge on any atom is 0.261 e. The van der Waals surface area contributed by atoms with Gasteiger partial charge in [0.15, 0.2) is 0 Å². The van der Waals surface area contributed by atoms with Gasteiger partial charge in [0.25, 0.3) is 15.6 Å². The van der Waals surface area contributed by atoms with Crippen LogP contribution in [-0.4, -0.2) is 18.4 Å². The zero-order valence-electron chi connectivity index (χ0n) is 15.4. The van der Waals surface area contributed by atoms with Crippen molar-refractivity contribution in [1.82, 2.24) is 9.97 Å². The third-order valence-corrected chi connectivity index (χ3v) is 5.71. The molecule has 3 aromatic rings. The molecule has 0 unspecified atom stereocenters. The van der Waals surface area contributed by atoms with E-state index in [-0.39, 0.29) is 10.5 Å². The van der Waals surface area contributed by atoms with Crippen LogP contribution in [0.25, 0.3) is 11.4 Å². The topological polar surface area (TPSA) is 91.9 Å². The van der Waals surface area contributed by atoms with Crippen LogP contribution in [0, 0.1) is 13.8 Å². The van der Waals surface area contributed by atoms with Crippen molar-refractivity contribution in [2.45, 2.75) is 32.1 Å². The Balaban J connectivity index is 1.95. The lowest BCUT2D eigenvalue weighted by atomic mass is 10.1. The Morgan fingerprint density at radius 1 is 1.04 bits per heavy atom. The van der Waals surface area contributed by atoms with E-state index in [0.29, 0.717) is 29.2 Å². The minimum absolute atomic E-state index is 0.204. The zero-order valence-corrected chi connectivity index (χ0v) is 16.2. The Morgan fingerprint density at radius 3 is 2.52 bits per heavy atom. The van der Waals surface area contributed by atoms with Crippen LogP contribution in [0.3, 0.4) is 0 Å². The number of hydrogen-bond donors (Lipinski definition) is 2. The van der Waals surface area contributed by atoms with E-state index >= 15 is 0 Å². The molecule has 0 amide bonds. The first-order valence-electron chi connectivity index (χ1n) is 8.59. The van der Waals surface area contributed by atoms with Crippen LogP contribution in [0.15, 0.2) is 58.2 Å². The highest BCUT2D eigenvalue weighted by Crippen LogP contribution is 2.22. The van der Waals surface area contributed by atoms with Gasteiger partial charge in [0.05, 0.1) is 4.90 Å². The van der Waals surface area contributed by atoms with Crippen molar-refractivity contribution in [2.75, 3.05) is 4.72 Å². The maximum absolute atomic E-state index is 12.7. The molecule has 2 aromatic carbocycles. The van der Waals surface area contributed by atoms with Crippen molar-refractivity contribution < 1.29 is 8.42 Å². The molecule has 1 heterocycles. The number of aromatic nitrogens is 2. The maximum atomic E-state index is 12.7. The first-order chi connectivity index (χ1) is 12.8. The molecule has 2 N–H and O–H groups in total. The number of nitrogens with zero attached hydrogens (tertiary/aromatic N) is 1. The number of H-pyrrole nitrogens is 1. The van der Waals surface area contributed by atoms with Gasteiger partial charge in [-0.05, 0) is 55.7 Å². The van der Waals surface area contributed by atoms with Crippen molar-refractivity contribution in [2.24, 2.45) is 0 Å². The average Bonchev–Trinajstić information content (AvgIpc) is 2.63. The van der Waals surface area contributed by atoms with E-state index in [9.17, 15) is 13.2 Å². The van der Waals surface area contributed by atoms with Crippen molar-refractivity contribution in [3.63, 3.8) is 0 Å². The van der Waals surface area contributed by atoms with Gasteiger partial charge in [-0.1, -0.05) is 25.1 Å². The molecule has 0 aliphatic rings. The van der Waals surface area contributed by atoms with Crippen LogP contribution < -0.4 is 10.3 Å². The number of rotatable bonds is 5. The fraction of sp³-hybridized carbons (Fsp3) is 0.200. The molecule has 1 aromatic heterocycles. The standard InChI is InChI=1S/C20H21N3O3S/c1-4-16-12-19(24)22-20(21-16)15-6-5-7-17(11-15)23-27(25,26)18-9-8-13(2)14(3)10-18/h5-12,23H,4H2,1-3H3,(H,21,22,24). The molecule has 27 heavy (non-hydrogen) atoms. The molecule has 0 bridgehead atoms. The Hall–Kier alpha value is -2.93. The summed E-state index contributed by atoms with van der Waals surface area (Å²) in [5, 5.41) is 0. The predicted octanol–water partition coefficient (Wildman–Crippen LogP) is 3.42. The molecule has 6 nitrogen and oxygen atoms in total. The number of anilines is 1. The molecule has 0 aliphatic heterocycles. The normalized spacial score (nSPS) is 11.4. The number of aryl methyl sites for hydroxylation is 3. The summed E-state index contributed by atoms with van der Waals surface area (Å²) in [6, 6.07) is 13.3. The molecular formula is C20H21N3O3S. The molecule has 0 fully saturated rings. The van der Waals surface area contributed by atoms with Crippen LogP contribution >= 0.6 is 0 Å². The molecule has 0 spiro atoms. The molecule has 7 heteroatoms. The van der Waals surface area contributed by atoms with Crippen LogP contribution in [0.2, 0.25) is 0 Å². The van der Waals surface area contributed by atoms with Crippen LogP contribution in [-0.2, 0) is 16.4 Å². The van der Waals surface area contributed by atoms with Crippen LogP contribution in [0.4, 0.5) is 5.69 Å². The second kappa shape index (κ2) is 7.36. The molecule has 0 radical (unpaired) electrons. The van der Waals surface area contributed by atoms with Crippen LogP contribution in [0.5, 0.6) is 0 Å². The average molecular weight is 383 g/mol. The second-order valence-corrected chi connectivity index (χ2v) is 8.05. The molecule has 0 atom stereocenters. The predicted molar refractivity (Wildman–Crippen MR) is 106 cm³/mol. The number of benzene rings is 2. The summed E-state index contributed by atoms with van der Waals surface area (Å²) in [6.07, 6.45) is 0.635. The summed E-state index contributed by atoms with van der Waals surface area (Å²) < 4.78 is 28.0. The highest BCUT2D eigenvalue weighted by atomic mass is 32.2. The lowest BCUT2D eigenvalue weighted by Gasteiger charge is -2.11. The number of hydrogen-bond acceptors (Lipinski definition) is 4. The van der Waals surface area contributed by atoms with Crippen molar-refractivity contribution >= 4 is 15.7 Å². The molecular weight excluding hydrogens is 362 g/mol. The first-order valence-corrected chi connectivity index (χ1v) is 10.1. The van der Waals surface area contributed by atoms with Crippen molar-refractivity contribution in [3.8, 4) is 11.4 Å². The molecule has 140 valence electrons. The van der Waals surface area contributed by atoms with E-state index in [4.69, 9.17) is 0 Å². The lowest BCUT2D eigenvalue weighted by molar-refractivity contribution is 0.601. The van der Waals surface area contributed by atoms with Crippen molar-refractivity contribution in [3.05, 3.63) is 75.7 Å². The first kappa shape index (κ1) is 18.8. The van der Waals surface area contributed by atoms with E-state index < -0.39 is 10.0 Å². The third kappa shape index (κ3) is 4.25. The van der Waals surface area contributed by atoms with Crippen molar-refractivity contribution in [1.29, 1.82) is 0 Å². The summed E-state index contributed by atoms with van der Waals surface area (Å²) in [5.74, 6) is 0.409. The van der Waals surface area contributed by atoms with E-state index in [1.54, 1.807) is 42.5 Å². The highest BCUT2D eigenvalue weighted by molar-refractivity contribution is 7.92. The molecule has 0 aliphatic carbocycles. The second-order valence-electron chi connectivity index (χ2n) is 6.37. The Morgan fingerprint density at radius 2 is 1.81 bits per heavy atom. The fourth-order valence-corrected chi connectivity index (χ4v) is 3.79. The van der Waals surface area contributed by atoms with Gasteiger partial charge in [0.2, 0.25) is 0 Å². The Labute approximate surface area is 158 Å². The van der Waals surface area contributed by atoms with Gasteiger partial charge in [-0.15, -0.1) is 0 Å².